The summed E-state index contributed by atoms with van der Waals surface area (Å²) in [5.74, 6) is -2.53. The molecule has 0 atom stereocenters. The normalized spacial score (nSPS) is 20.2. The first-order valence-electron chi connectivity index (χ1n) is 7.59. The van der Waals surface area contributed by atoms with Crippen LogP contribution in [0.2, 0.25) is 0 Å². The minimum absolute atomic E-state index is 0.174. The number of carbonyl (C=O) groups excluding carboxylic acids is 2. The summed E-state index contributed by atoms with van der Waals surface area (Å²) >= 11 is 0. The van der Waals surface area contributed by atoms with Crippen molar-refractivity contribution in [2.24, 2.45) is 11.8 Å². The van der Waals surface area contributed by atoms with E-state index in [0.717, 1.165) is 13.1 Å². The van der Waals surface area contributed by atoms with E-state index < -0.39 is 12.5 Å². The van der Waals surface area contributed by atoms with Crippen molar-refractivity contribution in [3.8, 4) is 0 Å². The first-order chi connectivity index (χ1) is 9.64. The fourth-order valence-electron chi connectivity index (χ4n) is 2.19. The van der Waals surface area contributed by atoms with Gasteiger partial charge in [0.2, 0.25) is 11.8 Å². The van der Waals surface area contributed by atoms with Crippen LogP contribution < -0.4 is 0 Å². The third-order valence-electron chi connectivity index (χ3n) is 3.64. The third-order valence-corrected chi connectivity index (χ3v) is 3.64. The second-order valence-electron chi connectivity index (χ2n) is 6.35. The maximum Gasteiger partial charge on any atom is 0.267 e. The molecule has 0 bridgehead atoms. The number of rotatable bonds is 2. The molecule has 2 aliphatic heterocycles. The summed E-state index contributed by atoms with van der Waals surface area (Å²) in [5.41, 5.74) is 0. The predicted molar refractivity (Wildman–Crippen MR) is 77.0 cm³/mol. The van der Waals surface area contributed by atoms with E-state index in [1.807, 2.05) is 18.7 Å². The molecule has 2 heterocycles. The second kappa shape index (κ2) is 7.18. The number of halogens is 2. The van der Waals surface area contributed by atoms with E-state index in [4.69, 9.17) is 0 Å². The number of carbonyl (C=O) groups is 2. The lowest BCUT2D eigenvalue weighted by Crippen LogP contribution is -2.44. The van der Waals surface area contributed by atoms with E-state index >= 15 is 0 Å². The zero-order valence-corrected chi connectivity index (χ0v) is 13.4. The quantitative estimate of drug-likeness (QED) is 0.786. The minimum atomic E-state index is -2.66. The molecule has 0 radical (unpaired) electrons. The molecule has 0 aliphatic carbocycles. The molecule has 6 heteroatoms. The summed E-state index contributed by atoms with van der Waals surface area (Å²) in [6, 6.07) is 0. The summed E-state index contributed by atoms with van der Waals surface area (Å²) in [6.45, 7) is 9.10. The van der Waals surface area contributed by atoms with Gasteiger partial charge in [0.05, 0.1) is 6.54 Å². The van der Waals surface area contributed by atoms with E-state index in [1.165, 1.54) is 11.3 Å². The maximum atomic E-state index is 12.6. The summed E-state index contributed by atoms with van der Waals surface area (Å²) in [5, 5.41) is 0. The number of likely N-dealkylation sites (tertiary alicyclic amines) is 2. The van der Waals surface area contributed by atoms with Crippen molar-refractivity contribution >= 4 is 11.8 Å². The Kier molecular flexibility index (Phi) is 6.10. The third kappa shape index (κ3) is 5.25. The van der Waals surface area contributed by atoms with Gasteiger partial charge in [-0.1, -0.05) is 27.7 Å². The van der Waals surface area contributed by atoms with E-state index in [1.54, 1.807) is 13.8 Å². The lowest BCUT2D eigenvalue weighted by atomic mass is 10.1. The maximum absolute atomic E-state index is 12.6. The summed E-state index contributed by atoms with van der Waals surface area (Å²) < 4.78 is 25.2. The van der Waals surface area contributed by atoms with Gasteiger partial charge < -0.3 is 9.80 Å². The highest BCUT2D eigenvalue weighted by atomic mass is 19.3. The van der Waals surface area contributed by atoms with Crippen LogP contribution in [0.4, 0.5) is 8.78 Å². The number of amides is 2. The van der Waals surface area contributed by atoms with E-state index in [-0.39, 0.29) is 30.7 Å². The Morgan fingerprint density at radius 1 is 0.905 bits per heavy atom. The monoisotopic (exact) mass is 304 g/mol. The molecule has 0 spiro atoms. The molecular formula is C15H26F2N2O2. The molecule has 2 amide bonds. The fraction of sp³-hybridized carbons (Fsp3) is 0.867. The van der Waals surface area contributed by atoms with Gasteiger partial charge in [-0.15, -0.1) is 0 Å². The van der Waals surface area contributed by atoms with E-state index in [2.05, 4.69) is 0 Å². The van der Waals surface area contributed by atoms with Gasteiger partial charge in [-0.3, -0.25) is 9.59 Å². The molecule has 0 aromatic carbocycles. The smallest absolute Gasteiger partial charge is 0.267 e. The SMILES string of the molecule is CC(C)C(=O)N1CCC(F)(F)C1.CC(C)C(=O)N1CCC1. The van der Waals surface area contributed by atoms with Crippen molar-refractivity contribution in [1.82, 2.24) is 9.80 Å². The Morgan fingerprint density at radius 3 is 1.62 bits per heavy atom. The van der Waals surface area contributed by atoms with Crippen molar-refractivity contribution in [3.63, 3.8) is 0 Å². The van der Waals surface area contributed by atoms with Gasteiger partial charge in [-0.05, 0) is 6.42 Å². The zero-order chi connectivity index (χ0) is 16.2. The first kappa shape index (κ1) is 17.9. The number of hydrogen-bond acceptors (Lipinski definition) is 2. The van der Waals surface area contributed by atoms with Crippen molar-refractivity contribution in [1.29, 1.82) is 0 Å². The lowest BCUT2D eigenvalue weighted by molar-refractivity contribution is -0.138. The van der Waals surface area contributed by atoms with Crippen LogP contribution >= 0.6 is 0 Å². The molecule has 0 N–H and O–H groups in total. The molecule has 0 unspecified atom stereocenters. The Morgan fingerprint density at radius 2 is 1.38 bits per heavy atom. The standard InChI is InChI=1S/C8H13F2NO.C7H13NO/c1-6(2)7(12)11-4-3-8(9,10)5-11;1-6(2)7(9)8-4-3-5-8/h6H,3-5H2,1-2H3;6H,3-5H2,1-2H3. The van der Waals surface area contributed by atoms with Crippen LogP contribution in [0.25, 0.3) is 0 Å². The fourth-order valence-corrected chi connectivity index (χ4v) is 2.19. The van der Waals surface area contributed by atoms with Crippen LogP contribution in [-0.4, -0.2) is 53.7 Å². The molecular weight excluding hydrogens is 278 g/mol. The van der Waals surface area contributed by atoms with E-state index in [0.29, 0.717) is 5.91 Å². The van der Waals surface area contributed by atoms with Crippen molar-refractivity contribution < 1.29 is 18.4 Å². The zero-order valence-electron chi connectivity index (χ0n) is 13.4. The van der Waals surface area contributed by atoms with Gasteiger partial charge in [0.15, 0.2) is 0 Å². The van der Waals surface area contributed by atoms with Gasteiger partial charge in [-0.2, -0.15) is 0 Å². The highest BCUT2D eigenvalue weighted by Crippen LogP contribution is 2.27. The van der Waals surface area contributed by atoms with Crippen molar-refractivity contribution in [2.45, 2.75) is 46.5 Å². The largest absolute Gasteiger partial charge is 0.342 e. The average Bonchev–Trinajstić information content (AvgIpc) is 2.67. The Labute approximate surface area is 125 Å². The highest BCUT2D eigenvalue weighted by Gasteiger charge is 2.40. The molecule has 0 saturated carbocycles. The summed E-state index contributed by atoms with van der Waals surface area (Å²) in [7, 11) is 0. The number of nitrogens with zero attached hydrogens (tertiary/aromatic N) is 2. The molecule has 0 aromatic heterocycles. The summed E-state index contributed by atoms with van der Waals surface area (Å²) in [6.07, 6.45) is 1.00. The minimum Gasteiger partial charge on any atom is -0.342 e. The molecule has 21 heavy (non-hydrogen) atoms. The molecule has 0 aromatic rings. The van der Waals surface area contributed by atoms with Crippen LogP contribution in [0.3, 0.4) is 0 Å². The van der Waals surface area contributed by atoms with Crippen LogP contribution in [0.15, 0.2) is 0 Å². The van der Waals surface area contributed by atoms with Gasteiger partial charge in [-0.25, -0.2) is 8.78 Å². The molecule has 4 nitrogen and oxygen atoms in total. The molecule has 2 aliphatic rings. The van der Waals surface area contributed by atoms with Crippen LogP contribution in [-0.2, 0) is 9.59 Å². The first-order valence-corrected chi connectivity index (χ1v) is 7.59. The Bertz CT molecular complexity index is 380. The van der Waals surface area contributed by atoms with Crippen LogP contribution in [0.5, 0.6) is 0 Å². The topological polar surface area (TPSA) is 40.6 Å². The van der Waals surface area contributed by atoms with Gasteiger partial charge >= 0.3 is 0 Å². The number of alkyl halides is 2. The Balaban J connectivity index is 0.000000219. The molecule has 2 fully saturated rings. The van der Waals surface area contributed by atoms with Crippen LogP contribution in [0.1, 0.15) is 40.5 Å². The van der Waals surface area contributed by atoms with Gasteiger partial charge in [0.25, 0.3) is 5.92 Å². The summed E-state index contributed by atoms with van der Waals surface area (Å²) in [4.78, 5) is 25.4. The molecule has 2 rings (SSSR count). The molecule has 122 valence electrons. The van der Waals surface area contributed by atoms with Crippen molar-refractivity contribution in [2.75, 3.05) is 26.2 Å². The second-order valence-corrected chi connectivity index (χ2v) is 6.35. The van der Waals surface area contributed by atoms with Gasteiger partial charge in [0, 0.05) is 37.9 Å². The van der Waals surface area contributed by atoms with E-state index in [9.17, 15) is 18.4 Å². The predicted octanol–water partition coefficient (Wildman–Crippen LogP) is 2.38. The number of hydrogen-bond donors (Lipinski definition) is 0. The Hall–Kier alpha value is -1.20. The van der Waals surface area contributed by atoms with Crippen LogP contribution in [0, 0.1) is 11.8 Å². The lowest BCUT2D eigenvalue weighted by Gasteiger charge is -2.32. The van der Waals surface area contributed by atoms with Gasteiger partial charge in [0.1, 0.15) is 0 Å². The average molecular weight is 304 g/mol. The van der Waals surface area contributed by atoms with Crippen molar-refractivity contribution in [3.05, 3.63) is 0 Å². The molecule has 2 saturated heterocycles. The highest BCUT2D eigenvalue weighted by molar-refractivity contribution is 5.79.